The van der Waals surface area contributed by atoms with Crippen molar-refractivity contribution in [3.8, 4) is 11.6 Å². The molecule has 41 heavy (non-hydrogen) atoms. The normalized spacial score (nSPS) is 15.5. The first-order valence-corrected chi connectivity index (χ1v) is 13.7. The minimum absolute atomic E-state index is 0.0400. The predicted molar refractivity (Wildman–Crippen MR) is 154 cm³/mol. The van der Waals surface area contributed by atoms with Crippen molar-refractivity contribution in [3.05, 3.63) is 77.6 Å². The van der Waals surface area contributed by atoms with E-state index >= 15 is 0 Å². The maximum Gasteiger partial charge on any atom is 0.251 e. The Morgan fingerprint density at radius 1 is 1.07 bits per heavy atom. The molecule has 0 unspecified atom stereocenters. The number of rotatable bonds is 10. The fourth-order valence-electron chi connectivity index (χ4n) is 4.86. The molecular formula is C30H35N7O4. The monoisotopic (exact) mass is 557 g/mol. The molecule has 1 aliphatic rings. The van der Waals surface area contributed by atoms with Gasteiger partial charge in [0.15, 0.2) is 5.76 Å². The zero-order valence-electron chi connectivity index (χ0n) is 23.8. The van der Waals surface area contributed by atoms with Gasteiger partial charge in [0.25, 0.3) is 5.91 Å². The minimum Gasteiger partial charge on any atom is -0.458 e. The first kappa shape index (κ1) is 28.0. The second-order valence-corrected chi connectivity index (χ2v) is 10.4. The van der Waals surface area contributed by atoms with E-state index in [9.17, 15) is 9.59 Å². The highest BCUT2D eigenvalue weighted by atomic mass is 16.5. The molecule has 2 aromatic heterocycles. The zero-order valence-corrected chi connectivity index (χ0v) is 23.8. The average Bonchev–Trinajstić information content (AvgIpc) is 3.73. The van der Waals surface area contributed by atoms with Crippen molar-refractivity contribution in [1.29, 1.82) is 0 Å². The third kappa shape index (κ3) is 6.63. The average molecular weight is 558 g/mol. The molecule has 1 fully saturated rings. The number of aryl methyl sites for hydroxylation is 2. The van der Waals surface area contributed by atoms with Gasteiger partial charge >= 0.3 is 0 Å². The molecule has 2 aromatic carbocycles. The van der Waals surface area contributed by atoms with Gasteiger partial charge in [0, 0.05) is 38.6 Å². The molecule has 0 spiro atoms. The first-order chi connectivity index (χ1) is 19.8. The van der Waals surface area contributed by atoms with Gasteiger partial charge in [0.05, 0.1) is 6.10 Å². The van der Waals surface area contributed by atoms with E-state index in [4.69, 9.17) is 9.15 Å². The second kappa shape index (κ2) is 12.3. The number of ether oxygens (including phenoxy) is 1. The van der Waals surface area contributed by atoms with Crippen LogP contribution in [0.25, 0.3) is 11.6 Å². The van der Waals surface area contributed by atoms with Crippen LogP contribution in [0.1, 0.15) is 35.8 Å². The van der Waals surface area contributed by atoms with Crippen LogP contribution < -0.4 is 15.1 Å². The van der Waals surface area contributed by atoms with Crippen LogP contribution >= 0.6 is 0 Å². The number of tetrazole rings is 1. The molecule has 214 valence electrons. The van der Waals surface area contributed by atoms with Gasteiger partial charge in [0.2, 0.25) is 11.7 Å². The molecule has 1 saturated heterocycles. The quantitative estimate of drug-likeness (QED) is 0.314. The standard InChI is InChI=1S/C30H35N7O4/c1-20-7-5-8-24(17-20)37(27(38)19-36-33-29(32-34-36)26-15-10-21(2)41-26)28(22-11-13-23(14-12-22)35(3)4)30(39)31-18-25-9-6-16-40-25/h5,7-8,10-15,17,25,28H,6,9,16,18-19H2,1-4H3,(H,31,39)/t25-,28-/m1/s1. The number of nitrogens with zero attached hydrogens (tertiary/aromatic N) is 6. The molecule has 5 rings (SSSR count). The van der Waals surface area contributed by atoms with Crippen LogP contribution in [0.5, 0.6) is 0 Å². The van der Waals surface area contributed by atoms with E-state index in [1.165, 1.54) is 9.70 Å². The summed E-state index contributed by atoms with van der Waals surface area (Å²) in [4.78, 5) is 32.7. The summed E-state index contributed by atoms with van der Waals surface area (Å²) in [5.74, 6) is 0.785. The molecule has 0 aliphatic carbocycles. The van der Waals surface area contributed by atoms with Crippen molar-refractivity contribution < 1.29 is 18.7 Å². The van der Waals surface area contributed by atoms with Crippen molar-refractivity contribution in [1.82, 2.24) is 25.5 Å². The van der Waals surface area contributed by atoms with Crippen LogP contribution in [0.3, 0.4) is 0 Å². The topological polar surface area (TPSA) is 119 Å². The fraction of sp³-hybridized carbons (Fsp3) is 0.367. The fourth-order valence-corrected chi connectivity index (χ4v) is 4.86. The lowest BCUT2D eigenvalue weighted by Gasteiger charge is -2.32. The molecular weight excluding hydrogens is 522 g/mol. The van der Waals surface area contributed by atoms with E-state index in [0.29, 0.717) is 30.2 Å². The highest BCUT2D eigenvalue weighted by Crippen LogP contribution is 2.30. The number of hydrogen-bond acceptors (Lipinski definition) is 8. The van der Waals surface area contributed by atoms with Crippen molar-refractivity contribution in [2.45, 2.75) is 45.4 Å². The Labute approximate surface area is 239 Å². The van der Waals surface area contributed by atoms with Crippen molar-refractivity contribution in [2.75, 3.05) is 37.0 Å². The molecule has 4 aromatic rings. The van der Waals surface area contributed by atoms with Gasteiger partial charge < -0.3 is 19.4 Å². The number of hydrogen-bond donors (Lipinski definition) is 1. The molecule has 2 amide bonds. The van der Waals surface area contributed by atoms with Crippen LogP contribution in [0.2, 0.25) is 0 Å². The largest absolute Gasteiger partial charge is 0.458 e. The number of amides is 2. The van der Waals surface area contributed by atoms with Gasteiger partial charge in [-0.25, -0.2) is 0 Å². The third-order valence-corrected chi connectivity index (χ3v) is 7.00. The Balaban J connectivity index is 1.50. The van der Waals surface area contributed by atoms with E-state index in [1.807, 2.05) is 87.4 Å². The molecule has 2 atom stereocenters. The van der Waals surface area contributed by atoms with E-state index in [-0.39, 0.29) is 30.3 Å². The summed E-state index contributed by atoms with van der Waals surface area (Å²) >= 11 is 0. The van der Waals surface area contributed by atoms with E-state index in [0.717, 1.165) is 29.9 Å². The molecule has 0 bridgehead atoms. The maximum atomic E-state index is 14.1. The van der Waals surface area contributed by atoms with E-state index in [2.05, 4.69) is 20.7 Å². The smallest absolute Gasteiger partial charge is 0.251 e. The van der Waals surface area contributed by atoms with Crippen LogP contribution in [0, 0.1) is 13.8 Å². The summed E-state index contributed by atoms with van der Waals surface area (Å²) in [5.41, 5.74) is 3.20. The number of anilines is 2. The predicted octanol–water partition coefficient (Wildman–Crippen LogP) is 3.69. The number of furan rings is 1. The zero-order chi connectivity index (χ0) is 28.9. The summed E-state index contributed by atoms with van der Waals surface area (Å²) in [5, 5.41) is 15.5. The highest BCUT2D eigenvalue weighted by molar-refractivity contribution is 6.01. The summed E-state index contributed by atoms with van der Waals surface area (Å²) in [6.45, 7) is 4.60. The Morgan fingerprint density at radius 3 is 2.54 bits per heavy atom. The Kier molecular flexibility index (Phi) is 8.44. The highest BCUT2D eigenvalue weighted by Gasteiger charge is 2.34. The maximum absolute atomic E-state index is 14.1. The summed E-state index contributed by atoms with van der Waals surface area (Å²) < 4.78 is 11.3. The van der Waals surface area contributed by atoms with Gasteiger partial charge in [-0.3, -0.25) is 14.5 Å². The lowest BCUT2D eigenvalue weighted by atomic mass is 10.0. The lowest BCUT2D eigenvalue weighted by molar-refractivity contribution is -0.127. The number of nitrogens with one attached hydrogen (secondary N) is 1. The number of benzene rings is 2. The minimum atomic E-state index is -0.947. The molecule has 11 nitrogen and oxygen atoms in total. The number of carbonyl (C=O) groups is 2. The molecule has 11 heteroatoms. The third-order valence-electron chi connectivity index (χ3n) is 7.00. The Morgan fingerprint density at radius 2 is 1.88 bits per heavy atom. The molecule has 0 radical (unpaired) electrons. The van der Waals surface area contributed by atoms with Crippen LogP contribution in [-0.2, 0) is 20.9 Å². The summed E-state index contributed by atoms with van der Waals surface area (Å²) in [6.07, 6.45) is 1.81. The number of aromatic nitrogens is 4. The Hall–Kier alpha value is -4.51. The van der Waals surface area contributed by atoms with Gasteiger partial charge in [0.1, 0.15) is 18.3 Å². The molecule has 3 heterocycles. The van der Waals surface area contributed by atoms with E-state index < -0.39 is 6.04 Å². The van der Waals surface area contributed by atoms with E-state index in [1.54, 1.807) is 6.07 Å². The van der Waals surface area contributed by atoms with Crippen molar-refractivity contribution >= 4 is 23.2 Å². The van der Waals surface area contributed by atoms with Gasteiger partial charge in [-0.15, -0.1) is 10.2 Å². The van der Waals surface area contributed by atoms with Crippen LogP contribution in [0.15, 0.2) is 65.1 Å². The van der Waals surface area contributed by atoms with Gasteiger partial charge in [-0.1, -0.05) is 24.3 Å². The Bertz CT molecular complexity index is 1490. The van der Waals surface area contributed by atoms with Crippen molar-refractivity contribution in [2.24, 2.45) is 0 Å². The molecule has 0 saturated carbocycles. The van der Waals surface area contributed by atoms with Crippen LogP contribution in [0.4, 0.5) is 11.4 Å². The second-order valence-electron chi connectivity index (χ2n) is 10.4. The number of carbonyl (C=O) groups excluding carboxylic acids is 2. The van der Waals surface area contributed by atoms with Crippen LogP contribution in [-0.4, -0.2) is 65.4 Å². The first-order valence-electron chi connectivity index (χ1n) is 13.7. The van der Waals surface area contributed by atoms with Gasteiger partial charge in [-0.2, -0.15) is 4.80 Å². The molecule has 1 N–H and O–H groups in total. The lowest BCUT2D eigenvalue weighted by Crippen LogP contribution is -2.46. The SMILES string of the molecule is Cc1cccc(N(C(=O)Cn2nnc(-c3ccc(C)o3)n2)[C@@H](C(=O)NC[C@H]2CCCO2)c2ccc(N(C)C)cc2)c1. The molecule has 1 aliphatic heterocycles. The van der Waals surface area contributed by atoms with Crippen molar-refractivity contribution in [3.63, 3.8) is 0 Å². The summed E-state index contributed by atoms with van der Waals surface area (Å²) in [6, 6.07) is 17.8. The summed E-state index contributed by atoms with van der Waals surface area (Å²) in [7, 11) is 3.90. The van der Waals surface area contributed by atoms with Gasteiger partial charge in [-0.05, 0) is 79.4 Å².